The fourth-order valence-corrected chi connectivity index (χ4v) is 6.55. The molecule has 1 aliphatic heterocycles. The third kappa shape index (κ3) is 5.18. The number of oxazole rings is 1. The lowest BCUT2D eigenvalue weighted by Crippen LogP contribution is -2.42. The molecule has 1 saturated heterocycles. The predicted octanol–water partition coefficient (Wildman–Crippen LogP) is 5.93. The summed E-state index contributed by atoms with van der Waals surface area (Å²) in [4.78, 5) is 28.3. The van der Waals surface area contributed by atoms with Crippen molar-refractivity contribution in [3.8, 4) is 6.07 Å². The van der Waals surface area contributed by atoms with Crippen molar-refractivity contribution >= 4 is 39.7 Å². The summed E-state index contributed by atoms with van der Waals surface area (Å²) in [6.45, 7) is 6.48. The number of aromatic nitrogens is 3. The molecule has 4 heterocycles. The number of aliphatic hydroxyl groups is 1. The summed E-state index contributed by atoms with van der Waals surface area (Å²) in [7, 11) is 0. The largest absolute Gasteiger partial charge is 0.436 e. The summed E-state index contributed by atoms with van der Waals surface area (Å²) in [5.74, 6) is 0.763. The van der Waals surface area contributed by atoms with Crippen molar-refractivity contribution in [2.45, 2.75) is 38.5 Å². The Bertz CT molecular complexity index is 2060. The molecule has 45 heavy (non-hydrogen) atoms. The molecule has 3 atom stereocenters. The number of nitriles is 1. The molecule has 224 valence electrons. The van der Waals surface area contributed by atoms with Gasteiger partial charge >= 0.3 is 0 Å². The minimum Gasteiger partial charge on any atom is -0.436 e. The summed E-state index contributed by atoms with van der Waals surface area (Å²) >= 11 is 0. The fraction of sp³-hybridized carbons (Fsp3) is 0.250. The number of benzene rings is 2. The molecule has 2 aromatic carbocycles. The first-order valence-corrected chi connectivity index (χ1v) is 15.1. The van der Waals surface area contributed by atoms with Crippen molar-refractivity contribution in [1.82, 2.24) is 19.9 Å². The van der Waals surface area contributed by atoms with Crippen LogP contribution in [-0.2, 0) is 12.1 Å². The van der Waals surface area contributed by atoms with E-state index >= 15 is 0 Å². The zero-order valence-electron chi connectivity index (χ0n) is 25.1. The quantitative estimate of drug-likeness (QED) is 0.220. The molecule has 1 fully saturated rings. The molecule has 0 saturated carbocycles. The fourth-order valence-electron chi connectivity index (χ4n) is 6.55. The maximum atomic E-state index is 11.6. The number of allylic oxidation sites excluding steroid dienone is 2. The number of anilines is 1. The van der Waals surface area contributed by atoms with Crippen LogP contribution in [0.25, 0.3) is 27.6 Å². The van der Waals surface area contributed by atoms with Crippen LogP contribution in [0.2, 0.25) is 0 Å². The second-order valence-electron chi connectivity index (χ2n) is 12.0. The number of aldehydes is 1. The Kier molecular flexibility index (Phi) is 7.24. The normalized spacial score (nSPS) is 21.6. The molecule has 9 nitrogen and oxygen atoms in total. The van der Waals surface area contributed by atoms with Gasteiger partial charge in [0.25, 0.3) is 0 Å². The molecule has 0 amide bonds. The first-order chi connectivity index (χ1) is 21.9. The third-order valence-electron chi connectivity index (χ3n) is 8.97. The number of carbonyl (C=O) groups is 1. The van der Waals surface area contributed by atoms with E-state index in [1.54, 1.807) is 6.07 Å². The van der Waals surface area contributed by atoms with E-state index in [0.29, 0.717) is 41.2 Å². The SMILES string of the molecule is Cc1ccccc1C1=CC=CC(Nc2cc3ncc(CN4CCC(O)C4)cc3cn2)(c2nc3cc(C=O)cc(C#N)c3o2)[C@H]1C. The number of rotatable bonds is 7. The number of aliphatic hydroxyl groups excluding tert-OH is 1. The van der Waals surface area contributed by atoms with Gasteiger partial charge < -0.3 is 14.8 Å². The first kappa shape index (κ1) is 28.6. The smallest absolute Gasteiger partial charge is 0.225 e. The van der Waals surface area contributed by atoms with E-state index < -0.39 is 5.54 Å². The summed E-state index contributed by atoms with van der Waals surface area (Å²) in [5.41, 5.74) is 5.59. The number of likely N-dealkylation sites (tertiary alicyclic amines) is 1. The van der Waals surface area contributed by atoms with Crippen molar-refractivity contribution in [2.75, 3.05) is 18.4 Å². The Hall–Kier alpha value is -5.17. The van der Waals surface area contributed by atoms with Crippen LogP contribution < -0.4 is 5.32 Å². The van der Waals surface area contributed by atoms with Crippen LogP contribution >= 0.6 is 0 Å². The van der Waals surface area contributed by atoms with Gasteiger partial charge in [-0.1, -0.05) is 43.3 Å². The lowest BCUT2D eigenvalue weighted by molar-refractivity contribution is 0.112. The van der Waals surface area contributed by atoms with Crippen molar-refractivity contribution in [3.05, 3.63) is 113 Å². The molecule has 2 N–H and O–H groups in total. The highest BCUT2D eigenvalue weighted by Crippen LogP contribution is 2.46. The number of nitrogens with zero attached hydrogens (tertiary/aromatic N) is 5. The maximum absolute atomic E-state index is 11.6. The second kappa shape index (κ2) is 11.4. The van der Waals surface area contributed by atoms with E-state index in [0.717, 1.165) is 52.7 Å². The van der Waals surface area contributed by atoms with E-state index in [4.69, 9.17) is 19.4 Å². The molecule has 2 unspecified atom stereocenters. The van der Waals surface area contributed by atoms with Gasteiger partial charge in [0.05, 0.1) is 17.2 Å². The average molecular weight is 597 g/mol. The van der Waals surface area contributed by atoms with Gasteiger partial charge in [-0.15, -0.1) is 0 Å². The van der Waals surface area contributed by atoms with E-state index in [2.05, 4.69) is 54.4 Å². The van der Waals surface area contributed by atoms with Crippen LogP contribution in [-0.4, -0.2) is 50.4 Å². The van der Waals surface area contributed by atoms with Gasteiger partial charge in [-0.05, 0) is 59.9 Å². The summed E-state index contributed by atoms with van der Waals surface area (Å²) in [5, 5.41) is 24.3. The van der Waals surface area contributed by atoms with E-state index in [9.17, 15) is 15.2 Å². The van der Waals surface area contributed by atoms with Gasteiger partial charge in [-0.3, -0.25) is 14.7 Å². The topological polar surface area (TPSA) is 128 Å². The van der Waals surface area contributed by atoms with Gasteiger partial charge in [0.15, 0.2) is 5.58 Å². The van der Waals surface area contributed by atoms with Crippen molar-refractivity contribution < 1.29 is 14.3 Å². The molecule has 3 aromatic heterocycles. The van der Waals surface area contributed by atoms with Gasteiger partial charge in [-0.2, -0.15) is 5.26 Å². The minimum absolute atomic E-state index is 0.184. The third-order valence-corrected chi connectivity index (χ3v) is 8.97. The zero-order chi connectivity index (χ0) is 31.1. The summed E-state index contributed by atoms with van der Waals surface area (Å²) < 4.78 is 6.41. The summed E-state index contributed by atoms with van der Waals surface area (Å²) in [6.07, 6.45) is 11.0. The predicted molar refractivity (Wildman–Crippen MR) is 172 cm³/mol. The minimum atomic E-state index is -0.989. The van der Waals surface area contributed by atoms with Gasteiger partial charge in [-0.25, -0.2) is 9.97 Å². The molecule has 9 heteroatoms. The van der Waals surface area contributed by atoms with E-state index in [-0.39, 0.29) is 17.6 Å². The van der Waals surface area contributed by atoms with Crippen molar-refractivity contribution in [2.24, 2.45) is 5.92 Å². The molecule has 1 aliphatic carbocycles. The van der Waals surface area contributed by atoms with Crippen LogP contribution in [0.1, 0.15) is 51.8 Å². The molecule has 2 aliphatic rings. The van der Waals surface area contributed by atoms with Crippen LogP contribution in [0, 0.1) is 24.2 Å². The van der Waals surface area contributed by atoms with Crippen LogP contribution in [0.15, 0.2) is 83.6 Å². The number of hydrogen-bond acceptors (Lipinski definition) is 9. The Morgan fingerprint density at radius 3 is 2.82 bits per heavy atom. The zero-order valence-corrected chi connectivity index (χ0v) is 25.1. The average Bonchev–Trinajstić information content (AvgIpc) is 3.68. The maximum Gasteiger partial charge on any atom is 0.225 e. The number of hydrogen-bond donors (Lipinski definition) is 2. The molecule has 0 spiro atoms. The highest BCUT2D eigenvalue weighted by molar-refractivity contribution is 5.88. The Labute approximate surface area is 260 Å². The number of carbonyl (C=O) groups excluding carboxylic acids is 1. The van der Waals surface area contributed by atoms with Gasteiger partial charge in [0.1, 0.15) is 29.2 Å². The Morgan fingerprint density at radius 1 is 1.18 bits per heavy atom. The van der Waals surface area contributed by atoms with Gasteiger partial charge in [0, 0.05) is 55.0 Å². The number of aryl methyl sites for hydroxylation is 1. The lowest BCUT2D eigenvalue weighted by Gasteiger charge is -2.39. The molecule has 5 aromatic rings. The lowest BCUT2D eigenvalue weighted by atomic mass is 9.73. The number of fused-ring (bicyclic) bond motifs is 2. The number of β-amino-alcohol motifs (C(OH)–C–C–N with tert-alkyl or cyclic N) is 1. The highest BCUT2D eigenvalue weighted by Gasteiger charge is 2.44. The van der Waals surface area contributed by atoms with Gasteiger partial charge in [0.2, 0.25) is 5.89 Å². The number of pyridine rings is 2. The van der Waals surface area contributed by atoms with Crippen LogP contribution in [0.3, 0.4) is 0 Å². The standard InChI is InChI=1S/C36H32N6O3/c1-22-6-3-4-7-29(22)30-8-5-10-36(23(30)2,35-40-32-14-24(21-43)12-26(16-37)34(32)45-35)41-33-15-31-27(18-39-33)13-25(17-38-31)19-42-11-9-28(44)20-42/h3-8,10,12-15,17-18,21,23,28,44H,9,11,19-20H2,1-2H3,(H,39,41)/t23-,28?,36?/m0/s1. The molecular weight excluding hydrogens is 564 g/mol. The molecule has 7 rings (SSSR count). The van der Waals surface area contributed by atoms with Crippen LogP contribution in [0.4, 0.5) is 5.82 Å². The van der Waals surface area contributed by atoms with E-state index in [1.807, 2.05) is 42.7 Å². The second-order valence-corrected chi connectivity index (χ2v) is 12.0. The van der Waals surface area contributed by atoms with E-state index in [1.165, 1.54) is 6.07 Å². The monoisotopic (exact) mass is 596 g/mol. The Balaban J connectivity index is 1.30. The van der Waals surface area contributed by atoms with Crippen molar-refractivity contribution in [3.63, 3.8) is 0 Å². The molecule has 0 bridgehead atoms. The molecule has 0 radical (unpaired) electrons. The summed E-state index contributed by atoms with van der Waals surface area (Å²) in [6, 6.07) is 17.6. The Morgan fingerprint density at radius 2 is 2.04 bits per heavy atom. The van der Waals surface area contributed by atoms with Crippen molar-refractivity contribution in [1.29, 1.82) is 5.26 Å². The molecular formula is C36H32N6O3. The van der Waals surface area contributed by atoms with Crippen LogP contribution in [0.5, 0.6) is 0 Å². The number of nitrogens with one attached hydrogen (secondary N) is 1. The first-order valence-electron chi connectivity index (χ1n) is 15.1. The highest BCUT2D eigenvalue weighted by atomic mass is 16.4.